The van der Waals surface area contributed by atoms with Gasteiger partial charge in [-0.2, -0.15) is 4.98 Å². The molecule has 6 heteroatoms. The van der Waals surface area contributed by atoms with Crippen molar-refractivity contribution >= 4 is 11.5 Å². The van der Waals surface area contributed by atoms with Crippen LogP contribution in [0.25, 0.3) is 0 Å². The van der Waals surface area contributed by atoms with E-state index in [-0.39, 0.29) is 6.10 Å². The van der Waals surface area contributed by atoms with Crippen LogP contribution in [0.4, 0.5) is 11.5 Å². The van der Waals surface area contributed by atoms with Crippen molar-refractivity contribution in [2.75, 3.05) is 23.7 Å². The van der Waals surface area contributed by atoms with Crippen molar-refractivity contribution in [3.63, 3.8) is 0 Å². The van der Waals surface area contributed by atoms with Gasteiger partial charge in [-0.15, -0.1) is 0 Å². The fraction of sp³-hybridized carbons (Fsp3) is 0.692. The molecule has 2 fully saturated rings. The molecule has 0 spiro atoms. The molecular weight excluding hydrogens is 244 g/mol. The van der Waals surface area contributed by atoms with Crippen LogP contribution in [0.15, 0.2) is 6.33 Å². The predicted octanol–water partition coefficient (Wildman–Crippen LogP) is 1.21. The van der Waals surface area contributed by atoms with Crippen LogP contribution in [-0.2, 0) is 4.74 Å². The lowest BCUT2D eigenvalue weighted by atomic mass is 10.2. The van der Waals surface area contributed by atoms with Gasteiger partial charge in [0, 0.05) is 13.1 Å². The van der Waals surface area contributed by atoms with Crippen LogP contribution >= 0.6 is 0 Å². The van der Waals surface area contributed by atoms with Gasteiger partial charge in [-0.05, 0) is 26.7 Å². The number of fused-ring (bicyclic) bond motifs is 2. The van der Waals surface area contributed by atoms with E-state index in [9.17, 15) is 0 Å². The zero-order chi connectivity index (χ0) is 13.4. The van der Waals surface area contributed by atoms with Gasteiger partial charge in [-0.3, -0.25) is 0 Å². The number of hydrogen-bond donors (Lipinski definition) is 1. The highest BCUT2D eigenvalue weighted by Crippen LogP contribution is 2.34. The van der Waals surface area contributed by atoms with Gasteiger partial charge in [0.25, 0.3) is 0 Å². The second-order valence-electron chi connectivity index (χ2n) is 5.45. The molecular formula is C13H20N4O2. The number of nitrogens with zero attached hydrogens (tertiary/aromatic N) is 3. The molecule has 2 unspecified atom stereocenters. The summed E-state index contributed by atoms with van der Waals surface area (Å²) in [4.78, 5) is 10.6. The summed E-state index contributed by atoms with van der Waals surface area (Å²) in [5.41, 5.74) is 6.67. The smallest absolute Gasteiger partial charge is 0.242 e. The van der Waals surface area contributed by atoms with Crippen molar-refractivity contribution in [3.05, 3.63) is 6.33 Å². The third-order valence-corrected chi connectivity index (χ3v) is 3.52. The van der Waals surface area contributed by atoms with E-state index in [4.69, 9.17) is 15.2 Å². The Morgan fingerprint density at radius 1 is 1.32 bits per heavy atom. The van der Waals surface area contributed by atoms with Gasteiger partial charge < -0.3 is 20.1 Å². The number of morpholine rings is 1. The highest BCUT2D eigenvalue weighted by atomic mass is 16.5. The van der Waals surface area contributed by atoms with E-state index >= 15 is 0 Å². The monoisotopic (exact) mass is 264 g/mol. The van der Waals surface area contributed by atoms with Crippen LogP contribution in [-0.4, -0.2) is 41.4 Å². The summed E-state index contributed by atoms with van der Waals surface area (Å²) >= 11 is 0. The van der Waals surface area contributed by atoms with E-state index in [1.807, 2.05) is 13.8 Å². The number of nitrogen functional groups attached to an aromatic ring is 1. The summed E-state index contributed by atoms with van der Waals surface area (Å²) in [7, 11) is 0. The lowest BCUT2D eigenvalue weighted by Gasteiger charge is -2.33. The van der Waals surface area contributed by atoms with Crippen LogP contribution in [0.1, 0.15) is 26.7 Å². The van der Waals surface area contributed by atoms with Gasteiger partial charge in [-0.25, -0.2) is 4.98 Å². The van der Waals surface area contributed by atoms with E-state index in [0.29, 0.717) is 23.8 Å². The number of rotatable bonds is 3. The van der Waals surface area contributed by atoms with Crippen LogP contribution in [0, 0.1) is 0 Å². The summed E-state index contributed by atoms with van der Waals surface area (Å²) < 4.78 is 11.4. The molecule has 2 atom stereocenters. The van der Waals surface area contributed by atoms with E-state index in [1.54, 1.807) is 0 Å². The van der Waals surface area contributed by atoms with Crippen molar-refractivity contribution < 1.29 is 9.47 Å². The minimum Gasteiger partial charge on any atom is -0.473 e. The molecule has 2 aliphatic rings. The number of nitrogens with two attached hydrogens (primary N) is 1. The number of anilines is 2. The maximum absolute atomic E-state index is 6.14. The predicted molar refractivity (Wildman–Crippen MR) is 72.3 cm³/mol. The molecule has 0 aliphatic carbocycles. The molecule has 3 heterocycles. The molecule has 0 saturated carbocycles. The van der Waals surface area contributed by atoms with Gasteiger partial charge >= 0.3 is 0 Å². The fourth-order valence-corrected chi connectivity index (χ4v) is 2.73. The fourth-order valence-electron chi connectivity index (χ4n) is 2.73. The van der Waals surface area contributed by atoms with Crippen molar-refractivity contribution in [1.82, 2.24) is 9.97 Å². The van der Waals surface area contributed by atoms with Crippen LogP contribution in [0.5, 0.6) is 5.88 Å². The molecule has 2 saturated heterocycles. The van der Waals surface area contributed by atoms with Crippen molar-refractivity contribution in [3.8, 4) is 5.88 Å². The zero-order valence-electron chi connectivity index (χ0n) is 11.4. The summed E-state index contributed by atoms with van der Waals surface area (Å²) in [5, 5.41) is 0. The minimum absolute atomic E-state index is 0.0471. The van der Waals surface area contributed by atoms with Gasteiger partial charge in [0.15, 0.2) is 5.82 Å². The largest absolute Gasteiger partial charge is 0.473 e. The van der Waals surface area contributed by atoms with Gasteiger partial charge in [0.05, 0.1) is 18.3 Å². The first-order chi connectivity index (χ1) is 9.13. The maximum atomic E-state index is 6.14. The Labute approximate surface area is 112 Å². The summed E-state index contributed by atoms with van der Waals surface area (Å²) in [6.07, 6.45) is 4.43. The average molecular weight is 264 g/mol. The molecule has 0 aromatic carbocycles. The molecule has 3 rings (SSSR count). The van der Waals surface area contributed by atoms with E-state index in [1.165, 1.54) is 6.33 Å². The highest BCUT2D eigenvalue weighted by Gasteiger charge is 2.35. The first-order valence-electron chi connectivity index (χ1n) is 6.81. The average Bonchev–Trinajstić information content (AvgIpc) is 2.70. The van der Waals surface area contributed by atoms with E-state index in [2.05, 4.69) is 14.9 Å². The molecule has 1 aromatic rings. The summed E-state index contributed by atoms with van der Waals surface area (Å²) in [5.74, 6) is 1.24. The lowest BCUT2D eigenvalue weighted by Crippen LogP contribution is -2.43. The SMILES string of the molecule is CC(C)Oc1ncnc(N2CC3CCC(C2)O3)c1N. The number of ether oxygens (including phenoxy) is 2. The van der Waals surface area contributed by atoms with E-state index in [0.717, 1.165) is 31.7 Å². The second kappa shape index (κ2) is 4.85. The quantitative estimate of drug-likeness (QED) is 0.884. The van der Waals surface area contributed by atoms with Crippen LogP contribution in [0.3, 0.4) is 0 Å². The van der Waals surface area contributed by atoms with Gasteiger partial charge in [0.2, 0.25) is 5.88 Å². The number of hydrogen-bond acceptors (Lipinski definition) is 6. The third kappa shape index (κ3) is 2.45. The molecule has 1 aromatic heterocycles. The Hall–Kier alpha value is -1.56. The van der Waals surface area contributed by atoms with Crippen molar-refractivity contribution in [2.24, 2.45) is 0 Å². The van der Waals surface area contributed by atoms with E-state index < -0.39 is 0 Å². The summed E-state index contributed by atoms with van der Waals surface area (Å²) in [6, 6.07) is 0. The van der Waals surface area contributed by atoms with Crippen LogP contribution < -0.4 is 15.4 Å². The normalized spacial score (nSPS) is 25.9. The Kier molecular flexibility index (Phi) is 3.18. The molecule has 2 N–H and O–H groups in total. The van der Waals surface area contributed by atoms with Crippen molar-refractivity contribution in [1.29, 1.82) is 0 Å². The lowest BCUT2D eigenvalue weighted by molar-refractivity contribution is 0.0302. The summed E-state index contributed by atoms with van der Waals surface area (Å²) in [6.45, 7) is 5.60. The minimum atomic E-state index is 0.0471. The Morgan fingerprint density at radius 3 is 2.63 bits per heavy atom. The first kappa shape index (κ1) is 12.5. The standard InChI is InChI=1S/C13H20N4O2/c1-8(2)18-13-11(14)12(15-7-16-13)17-5-9-3-4-10(6-17)19-9/h7-10H,3-6,14H2,1-2H3. The van der Waals surface area contributed by atoms with Crippen molar-refractivity contribution in [2.45, 2.75) is 45.0 Å². The van der Waals surface area contributed by atoms with Crippen LogP contribution in [0.2, 0.25) is 0 Å². The Morgan fingerprint density at radius 2 is 2.00 bits per heavy atom. The third-order valence-electron chi connectivity index (χ3n) is 3.52. The first-order valence-corrected chi connectivity index (χ1v) is 6.81. The topological polar surface area (TPSA) is 73.5 Å². The molecule has 104 valence electrons. The zero-order valence-corrected chi connectivity index (χ0v) is 11.4. The molecule has 2 aliphatic heterocycles. The molecule has 19 heavy (non-hydrogen) atoms. The van der Waals surface area contributed by atoms with Gasteiger partial charge in [-0.1, -0.05) is 0 Å². The molecule has 0 amide bonds. The maximum Gasteiger partial charge on any atom is 0.242 e. The Bertz CT molecular complexity index is 454. The molecule has 6 nitrogen and oxygen atoms in total. The number of aromatic nitrogens is 2. The van der Waals surface area contributed by atoms with Gasteiger partial charge in [0.1, 0.15) is 12.0 Å². The highest BCUT2D eigenvalue weighted by molar-refractivity contribution is 5.68. The molecule has 0 radical (unpaired) electrons. The Balaban J connectivity index is 1.84. The molecule has 2 bridgehead atoms. The second-order valence-corrected chi connectivity index (χ2v) is 5.45.